The minimum Gasteiger partial charge on any atom is -0.304 e. The summed E-state index contributed by atoms with van der Waals surface area (Å²) < 4.78 is 0. The molecule has 1 unspecified atom stereocenters. The number of carbonyl (C=O) groups excluding carboxylic acids is 3. The Kier molecular flexibility index (Phi) is 3.99. The van der Waals surface area contributed by atoms with Gasteiger partial charge in [-0.2, -0.15) is 0 Å². The minimum absolute atomic E-state index is 0.177. The van der Waals surface area contributed by atoms with E-state index in [1.54, 1.807) is 31.2 Å². The van der Waals surface area contributed by atoms with E-state index in [0.29, 0.717) is 21.4 Å². The van der Waals surface area contributed by atoms with Crippen LogP contribution in [0.2, 0.25) is 0 Å². The summed E-state index contributed by atoms with van der Waals surface area (Å²) in [6.45, 7) is 5.48. The molecule has 27 heavy (non-hydrogen) atoms. The summed E-state index contributed by atoms with van der Waals surface area (Å²) in [5.41, 5.74) is -0.502. The standard InChI is InChI=1S/C18H19N5O3S/c1-10(2)22-15(25)12-6-4-5-7-13(12)23-14(24)8-9-18(22,23)16(26)19-17-21-20-11(3)27-17/h4-7,10H,8-9H2,1-3H3,(H,19,21,26). The van der Waals surface area contributed by atoms with Gasteiger partial charge in [-0.1, -0.05) is 23.5 Å². The van der Waals surface area contributed by atoms with Crippen LogP contribution in [0.1, 0.15) is 42.1 Å². The second-order valence-electron chi connectivity index (χ2n) is 6.91. The third kappa shape index (κ3) is 2.45. The fraction of sp³-hybridized carbons (Fsp3) is 0.389. The second kappa shape index (κ2) is 6.12. The molecule has 3 amide bonds. The predicted octanol–water partition coefficient (Wildman–Crippen LogP) is 2.17. The normalized spacial score (nSPS) is 21.5. The van der Waals surface area contributed by atoms with Gasteiger partial charge >= 0.3 is 0 Å². The summed E-state index contributed by atoms with van der Waals surface area (Å²) in [7, 11) is 0. The van der Waals surface area contributed by atoms with Crippen LogP contribution < -0.4 is 10.2 Å². The number of para-hydroxylation sites is 1. The van der Waals surface area contributed by atoms with Gasteiger partial charge in [0.25, 0.3) is 11.8 Å². The van der Waals surface area contributed by atoms with Gasteiger partial charge in [0, 0.05) is 18.9 Å². The molecular formula is C18H19N5O3S. The lowest BCUT2D eigenvalue weighted by Gasteiger charge is -2.50. The Morgan fingerprint density at radius 3 is 2.67 bits per heavy atom. The second-order valence-corrected chi connectivity index (χ2v) is 8.09. The zero-order valence-corrected chi connectivity index (χ0v) is 16.0. The van der Waals surface area contributed by atoms with E-state index in [-0.39, 0.29) is 30.7 Å². The summed E-state index contributed by atoms with van der Waals surface area (Å²) in [6, 6.07) is 6.65. The van der Waals surface area contributed by atoms with E-state index in [1.165, 1.54) is 21.1 Å². The van der Waals surface area contributed by atoms with Gasteiger partial charge in [-0.05, 0) is 32.9 Å². The number of carbonyl (C=O) groups is 3. The zero-order valence-electron chi connectivity index (χ0n) is 15.2. The molecule has 1 N–H and O–H groups in total. The lowest BCUT2D eigenvalue weighted by atomic mass is 9.94. The number of anilines is 2. The topological polar surface area (TPSA) is 95.5 Å². The van der Waals surface area contributed by atoms with E-state index < -0.39 is 11.6 Å². The molecule has 8 nitrogen and oxygen atoms in total. The molecule has 2 aromatic rings. The van der Waals surface area contributed by atoms with E-state index in [4.69, 9.17) is 0 Å². The molecule has 1 aromatic carbocycles. The number of nitrogens with one attached hydrogen (secondary N) is 1. The van der Waals surface area contributed by atoms with Gasteiger partial charge in [-0.15, -0.1) is 10.2 Å². The Morgan fingerprint density at radius 2 is 2.00 bits per heavy atom. The Bertz CT molecular complexity index is 956. The average Bonchev–Trinajstić information content (AvgIpc) is 3.19. The van der Waals surface area contributed by atoms with Crippen LogP contribution in [0, 0.1) is 6.92 Å². The van der Waals surface area contributed by atoms with Crippen molar-refractivity contribution < 1.29 is 14.4 Å². The highest BCUT2D eigenvalue weighted by Gasteiger charge is 2.61. The highest BCUT2D eigenvalue weighted by atomic mass is 32.1. The average molecular weight is 385 g/mol. The van der Waals surface area contributed by atoms with Crippen molar-refractivity contribution in [2.75, 3.05) is 10.2 Å². The lowest BCUT2D eigenvalue weighted by molar-refractivity contribution is -0.129. The van der Waals surface area contributed by atoms with Crippen molar-refractivity contribution in [1.29, 1.82) is 0 Å². The predicted molar refractivity (Wildman–Crippen MR) is 100 cm³/mol. The first-order chi connectivity index (χ1) is 12.9. The van der Waals surface area contributed by atoms with Gasteiger partial charge in [0.15, 0.2) is 0 Å². The van der Waals surface area contributed by atoms with Crippen molar-refractivity contribution >= 4 is 39.9 Å². The molecule has 1 aromatic heterocycles. The quantitative estimate of drug-likeness (QED) is 0.874. The highest BCUT2D eigenvalue weighted by molar-refractivity contribution is 7.15. The number of benzene rings is 1. The van der Waals surface area contributed by atoms with E-state index in [1.807, 2.05) is 13.8 Å². The fourth-order valence-electron chi connectivity index (χ4n) is 3.95. The monoisotopic (exact) mass is 385 g/mol. The number of amides is 3. The molecule has 0 aliphatic carbocycles. The van der Waals surface area contributed by atoms with Crippen LogP contribution in [-0.4, -0.2) is 44.5 Å². The molecule has 0 spiro atoms. The van der Waals surface area contributed by atoms with E-state index in [9.17, 15) is 14.4 Å². The molecule has 1 saturated heterocycles. The van der Waals surface area contributed by atoms with Gasteiger partial charge in [-0.3, -0.25) is 24.6 Å². The lowest BCUT2D eigenvalue weighted by Crippen LogP contribution is -2.70. The van der Waals surface area contributed by atoms with Crippen LogP contribution in [0.4, 0.5) is 10.8 Å². The number of aromatic nitrogens is 2. The number of rotatable bonds is 3. The highest BCUT2D eigenvalue weighted by Crippen LogP contribution is 2.45. The van der Waals surface area contributed by atoms with Gasteiger partial charge in [-0.25, -0.2) is 0 Å². The maximum Gasteiger partial charge on any atom is 0.273 e. The van der Waals surface area contributed by atoms with Crippen molar-refractivity contribution in [3.63, 3.8) is 0 Å². The van der Waals surface area contributed by atoms with Crippen molar-refractivity contribution in [2.45, 2.75) is 45.3 Å². The maximum atomic E-state index is 13.4. The first-order valence-corrected chi connectivity index (χ1v) is 9.55. The van der Waals surface area contributed by atoms with Crippen LogP contribution in [0.5, 0.6) is 0 Å². The first kappa shape index (κ1) is 17.6. The molecule has 1 atom stereocenters. The number of fused-ring (bicyclic) bond motifs is 3. The summed E-state index contributed by atoms with van der Waals surface area (Å²) in [5.74, 6) is -0.875. The molecule has 4 rings (SSSR count). The Morgan fingerprint density at radius 1 is 1.26 bits per heavy atom. The van der Waals surface area contributed by atoms with Gasteiger partial charge in [0.05, 0.1) is 11.3 Å². The molecule has 0 bridgehead atoms. The number of hydrogen-bond donors (Lipinski definition) is 1. The summed E-state index contributed by atoms with van der Waals surface area (Å²) in [4.78, 5) is 42.5. The van der Waals surface area contributed by atoms with Gasteiger partial charge in [0.1, 0.15) is 5.01 Å². The fourth-order valence-corrected chi connectivity index (χ4v) is 4.54. The molecule has 2 aliphatic heterocycles. The van der Waals surface area contributed by atoms with E-state index in [2.05, 4.69) is 15.5 Å². The van der Waals surface area contributed by atoms with Crippen LogP contribution >= 0.6 is 11.3 Å². The molecule has 140 valence electrons. The van der Waals surface area contributed by atoms with Crippen LogP contribution in [-0.2, 0) is 9.59 Å². The van der Waals surface area contributed by atoms with E-state index in [0.717, 1.165) is 0 Å². The Balaban J connectivity index is 1.88. The Labute approximate surface area is 160 Å². The summed E-state index contributed by atoms with van der Waals surface area (Å²) in [6.07, 6.45) is 0.418. The van der Waals surface area contributed by atoms with Crippen molar-refractivity contribution in [1.82, 2.24) is 15.1 Å². The maximum absolute atomic E-state index is 13.4. The van der Waals surface area contributed by atoms with E-state index >= 15 is 0 Å². The van der Waals surface area contributed by atoms with Crippen molar-refractivity contribution in [3.05, 3.63) is 34.8 Å². The largest absolute Gasteiger partial charge is 0.304 e. The molecule has 0 saturated carbocycles. The number of nitrogens with zero attached hydrogens (tertiary/aromatic N) is 4. The summed E-state index contributed by atoms with van der Waals surface area (Å²) >= 11 is 1.25. The molecule has 3 heterocycles. The van der Waals surface area contributed by atoms with Gasteiger partial charge < -0.3 is 4.90 Å². The molecule has 2 aliphatic rings. The molecule has 1 fully saturated rings. The Hall–Kier alpha value is -2.81. The molecule has 0 radical (unpaired) electrons. The minimum atomic E-state index is -1.41. The molecular weight excluding hydrogens is 366 g/mol. The van der Waals surface area contributed by atoms with Crippen molar-refractivity contribution in [3.8, 4) is 0 Å². The number of hydrogen-bond acceptors (Lipinski definition) is 6. The van der Waals surface area contributed by atoms with Gasteiger partial charge in [0.2, 0.25) is 16.7 Å². The van der Waals surface area contributed by atoms with Crippen LogP contribution in [0.15, 0.2) is 24.3 Å². The molecule has 9 heteroatoms. The smallest absolute Gasteiger partial charge is 0.273 e. The third-order valence-electron chi connectivity index (χ3n) is 4.93. The summed E-state index contributed by atoms with van der Waals surface area (Å²) in [5, 5.41) is 11.7. The van der Waals surface area contributed by atoms with Crippen LogP contribution in [0.25, 0.3) is 0 Å². The third-order valence-corrected chi connectivity index (χ3v) is 5.68. The number of aryl methyl sites for hydroxylation is 1. The zero-order chi connectivity index (χ0) is 19.3. The SMILES string of the molecule is Cc1nnc(NC(=O)C23CCC(=O)N2c2ccccc2C(=O)N3C(C)C)s1. The van der Waals surface area contributed by atoms with Crippen molar-refractivity contribution in [2.24, 2.45) is 0 Å². The first-order valence-electron chi connectivity index (χ1n) is 8.73. The van der Waals surface area contributed by atoms with Crippen LogP contribution in [0.3, 0.4) is 0 Å².